The van der Waals surface area contributed by atoms with Crippen LogP contribution in [-0.2, 0) is 14.8 Å². The molecule has 0 aliphatic carbocycles. The molecule has 0 bridgehead atoms. The summed E-state index contributed by atoms with van der Waals surface area (Å²) in [6, 6.07) is 6.85. The second-order valence-electron chi connectivity index (χ2n) is 5.82. The highest BCUT2D eigenvalue weighted by Crippen LogP contribution is 2.19. The lowest BCUT2D eigenvalue weighted by atomic mass is 10.1. The summed E-state index contributed by atoms with van der Waals surface area (Å²) in [7, 11) is -3.32. The number of carbonyl (C=O) groups excluding carboxylic acids is 1. The summed E-state index contributed by atoms with van der Waals surface area (Å²) in [5.41, 5.74) is 1.48. The maximum absolute atomic E-state index is 12.2. The number of amides is 1. The van der Waals surface area contributed by atoms with Gasteiger partial charge in [0, 0.05) is 18.7 Å². The maximum atomic E-state index is 12.2. The molecule has 0 saturated heterocycles. The summed E-state index contributed by atoms with van der Waals surface area (Å²) < 4.78 is 27.1. The first-order chi connectivity index (χ1) is 10.2. The van der Waals surface area contributed by atoms with Gasteiger partial charge in [0.25, 0.3) is 0 Å². The normalized spacial score (nSPS) is 14.4. The van der Waals surface area contributed by atoms with Gasteiger partial charge in [0.15, 0.2) is 0 Å². The van der Waals surface area contributed by atoms with Crippen molar-refractivity contribution < 1.29 is 13.2 Å². The molecule has 0 aliphatic rings. The van der Waals surface area contributed by atoms with E-state index < -0.39 is 10.0 Å². The van der Waals surface area contributed by atoms with Crippen molar-refractivity contribution in [2.45, 2.75) is 46.6 Å². The van der Waals surface area contributed by atoms with Crippen LogP contribution >= 0.6 is 0 Å². The summed E-state index contributed by atoms with van der Waals surface area (Å²) in [5, 5.41) is 2.70. The smallest absolute Gasteiger partial charge is 0.221 e. The molecular weight excluding hydrogens is 300 g/mol. The topological polar surface area (TPSA) is 75.3 Å². The Labute approximate surface area is 133 Å². The summed E-state index contributed by atoms with van der Waals surface area (Å²) in [5.74, 6) is 0.121. The zero-order valence-corrected chi connectivity index (χ0v) is 14.5. The lowest BCUT2D eigenvalue weighted by molar-refractivity contribution is -0.114. The van der Waals surface area contributed by atoms with Gasteiger partial charge in [-0.25, -0.2) is 13.1 Å². The van der Waals surface area contributed by atoms with E-state index in [0.717, 1.165) is 18.4 Å². The number of hydrogen-bond acceptors (Lipinski definition) is 3. The van der Waals surface area contributed by atoms with E-state index in [4.69, 9.17) is 0 Å². The molecule has 5 nitrogen and oxygen atoms in total. The monoisotopic (exact) mass is 326 g/mol. The minimum atomic E-state index is -3.32. The first-order valence-corrected chi connectivity index (χ1v) is 9.26. The summed E-state index contributed by atoms with van der Waals surface area (Å²) >= 11 is 0. The number of anilines is 1. The Bertz CT molecular complexity index is 599. The van der Waals surface area contributed by atoms with Gasteiger partial charge in [-0.2, -0.15) is 0 Å². The van der Waals surface area contributed by atoms with Gasteiger partial charge in [-0.05, 0) is 37.0 Å². The van der Waals surface area contributed by atoms with Crippen LogP contribution in [0, 0.1) is 5.92 Å². The van der Waals surface area contributed by atoms with Crippen molar-refractivity contribution in [1.29, 1.82) is 0 Å². The van der Waals surface area contributed by atoms with E-state index in [2.05, 4.69) is 10.0 Å². The third kappa shape index (κ3) is 6.58. The molecule has 22 heavy (non-hydrogen) atoms. The van der Waals surface area contributed by atoms with E-state index in [1.54, 1.807) is 25.1 Å². The summed E-state index contributed by atoms with van der Waals surface area (Å²) in [6.07, 6.45) is 1.87. The van der Waals surface area contributed by atoms with Gasteiger partial charge in [-0.1, -0.05) is 32.4 Å². The molecule has 1 rings (SSSR count). The molecule has 0 radical (unpaired) electrons. The molecule has 0 aliphatic heterocycles. The van der Waals surface area contributed by atoms with Crippen LogP contribution in [0.1, 0.15) is 52.1 Å². The third-order valence-corrected chi connectivity index (χ3v) is 5.07. The van der Waals surface area contributed by atoms with Gasteiger partial charge in [0.2, 0.25) is 15.9 Å². The fourth-order valence-corrected chi connectivity index (χ4v) is 4.11. The summed E-state index contributed by atoms with van der Waals surface area (Å²) in [6.45, 7) is 7.24. The van der Waals surface area contributed by atoms with E-state index in [0.29, 0.717) is 5.69 Å². The second-order valence-corrected chi connectivity index (χ2v) is 7.62. The van der Waals surface area contributed by atoms with E-state index in [9.17, 15) is 13.2 Å². The van der Waals surface area contributed by atoms with E-state index in [1.807, 2.05) is 19.9 Å². The highest BCUT2D eigenvalue weighted by atomic mass is 32.2. The molecule has 1 amide bonds. The molecule has 0 fully saturated rings. The van der Waals surface area contributed by atoms with Crippen molar-refractivity contribution in [3.05, 3.63) is 29.8 Å². The van der Waals surface area contributed by atoms with Crippen LogP contribution in [0.3, 0.4) is 0 Å². The van der Waals surface area contributed by atoms with Crippen LogP contribution in [0.4, 0.5) is 5.69 Å². The SMILES string of the molecule is CCC[C@H](C)CS(=O)(=O)N[C@@H](C)c1cccc(NC(C)=O)c1. The number of carbonyl (C=O) groups is 1. The van der Waals surface area contributed by atoms with Gasteiger partial charge in [0.1, 0.15) is 0 Å². The number of nitrogens with one attached hydrogen (secondary N) is 2. The molecule has 6 heteroatoms. The van der Waals surface area contributed by atoms with Crippen LogP contribution in [0.2, 0.25) is 0 Å². The average molecular weight is 326 g/mol. The minimum Gasteiger partial charge on any atom is -0.326 e. The van der Waals surface area contributed by atoms with E-state index in [1.165, 1.54) is 6.92 Å². The first-order valence-electron chi connectivity index (χ1n) is 7.61. The number of benzene rings is 1. The first kappa shape index (κ1) is 18.6. The lowest BCUT2D eigenvalue weighted by Crippen LogP contribution is -2.31. The van der Waals surface area contributed by atoms with Gasteiger partial charge in [-0.15, -0.1) is 0 Å². The highest BCUT2D eigenvalue weighted by Gasteiger charge is 2.19. The highest BCUT2D eigenvalue weighted by molar-refractivity contribution is 7.89. The zero-order valence-electron chi connectivity index (χ0n) is 13.7. The fraction of sp³-hybridized carbons (Fsp3) is 0.562. The Hall–Kier alpha value is -1.40. The van der Waals surface area contributed by atoms with Gasteiger partial charge in [-0.3, -0.25) is 4.79 Å². The predicted molar refractivity (Wildman–Crippen MR) is 90.2 cm³/mol. The molecule has 0 unspecified atom stereocenters. The molecule has 124 valence electrons. The molecule has 0 aromatic heterocycles. The molecule has 0 spiro atoms. The Morgan fingerprint density at radius 1 is 1.27 bits per heavy atom. The Morgan fingerprint density at radius 2 is 1.95 bits per heavy atom. The van der Waals surface area contributed by atoms with Crippen molar-refractivity contribution in [3.63, 3.8) is 0 Å². The average Bonchev–Trinajstić information content (AvgIpc) is 2.37. The van der Waals surface area contributed by atoms with Gasteiger partial charge >= 0.3 is 0 Å². The lowest BCUT2D eigenvalue weighted by Gasteiger charge is -2.17. The Morgan fingerprint density at radius 3 is 2.55 bits per heavy atom. The van der Waals surface area contributed by atoms with Crippen LogP contribution in [0.15, 0.2) is 24.3 Å². The van der Waals surface area contributed by atoms with Gasteiger partial charge < -0.3 is 5.32 Å². The van der Waals surface area contributed by atoms with Gasteiger partial charge in [0.05, 0.1) is 5.75 Å². The molecule has 2 atom stereocenters. The molecule has 1 aromatic rings. The number of sulfonamides is 1. The maximum Gasteiger partial charge on any atom is 0.221 e. The van der Waals surface area contributed by atoms with Crippen LogP contribution in [0.5, 0.6) is 0 Å². The molecule has 1 aromatic carbocycles. The zero-order chi connectivity index (χ0) is 16.8. The van der Waals surface area contributed by atoms with Crippen molar-refractivity contribution in [3.8, 4) is 0 Å². The molecular formula is C16H26N2O3S. The van der Waals surface area contributed by atoms with Crippen LogP contribution in [-0.4, -0.2) is 20.1 Å². The van der Waals surface area contributed by atoms with Crippen molar-refractivity contribution in [2.75, 3.05) is 11.1 Å². The van der Waals surface area contributed by atoms with E-state index in [-0.39, 0.29) is 23.6 Å². The van der Waals surface area contributed by atoms with Crippen molar-refractivity contribution >= 4 is 21.6 Å². The quantitative estimate of drug-likeness (QED) is 0.771. The number of hydrogen-bond donors (Lipinski definition) is 2. The van der Waals surface area contributed by atoms with Crippen LogP contribution in [0.25, 0.3) is 0 Å². The number of rotatable bonds is 8. The van der Waals surface area contributed by atoms with Crippen molar-refractivity contribution in [2.24, 2.45) is 5.92 Å². The minimum absolute atomic E-state index is 0.135. The Balaban J connectivity index is 2.75. The second kappa shape index (κ2) is 8.29. The standard InChI is InChI=1S/C16H26N2O3S/c1-5-7-12(2)11-22(20,21)18-13(3)15-8-6-9-16(10-15)17-14(4)19/h6,8-10,12-13,18H,5,7,11H2,1-4H3,(H,17,19)/t12-,13-/m0/s1. The van der Waals surface area contributed by atoms with Crippen LogP contribution < -0.4 is 10.0 Å². The molecule has 2 N–H and O–H groups in total. The summed E-state index contributed by atoms with van der Waals surface area (Å²) in [4.78, 5) is 11.1. The van der Waals surface area contributed by atoms with E-state index >= 15 is 0 Å². The predicted octanol–water partition coefficient (Wildman–Crippen LogP) is 3.06. The van der Waals surface area contributed by atoms with Crippen molar-refractivity contribution in [1.82, 2.24) is 4.72 Å². The third-order valence-electron chi connectivity index (χ3n) is 3.35. The fourth-order valence-electron chi connectivity index (χ4n) is 2.43. The Kier molecular flexibility index (Phi) is 7.03. The molecule has 0 saturated carbocycles. The largest absolute Gasteiger partial charge is 0.326 e. The molecule has 0 heterocycles.